The Bertz CT molecular complexity index is 1170. The van der Waals surface area contributed by atoms with E-state index in [1.807, 2.05) is 6.92 Å². The van der Waals surface area contributed by atoms with Gasteiger partial charge < -0.3 is 35.6 Å². The minimum Gasteiger partial charge on any atom is -0.456 e. The fourth-order valence-corrected chi connectivity index (χ4v) is 5.64. The second-order valence-corrected chi connectivity index (χ2v) is 11.8. The van der Waals surface area contributed by atoms with E-state index in [0.29, 0.717) is 18.3 Å². The second kappa shape index (κ2) is 19.3. The van der Waals surface area contributed by atoms with Gasteiger partial charge in [0.2, 0.25) is 5.95 Å². The third-order valence-electron chi connectivity index (χ3n) is 8.21. The number of nitrogens with zero attached hydrogens (tertiary/aromatic N) is 4. The Kier molecular flexibility index (Phi) is 14.8. The summed E-state index contributed by atoms with van der Waals surface area (Å²) in [7, 11) is 0. The number of benzene rings is 1. The Hall–Kier alpha value is -3.32. The zero-order valence-corrected chi connectivity index (χ0v) is 27.1. The third kappa shape index (κ3) is 12.9. The van der Waals surface area contributed by atoms with Crippen LogP contribution >= 0.6 is 0 Å². The molecule has 2 fully saturated rings. The van der Waals surface area contributed by atoms with Crippen molar-refractivity contribution in [3.05, 3.63) is 41.5 Å². The van der Waals surface area contributed by atoms with Gasteiger partial charge in [0.15, 0.2) is 6.61 Å². The van der Waals surface area contributed by atoms with Crippen molar-refractivity contribution in [1.29, 1.82) is 0 Å². The number of aromatic nitrogens is 2. The predicted molar refractivity (Wildman–Crippen MR) is 177 cm³/mol. The minimum absolute atomic E-state index is 0.355. The van der Waals surface area contributed by atoms with E-state index in [4.69, 9.17) is 14.5 Å². The lowest BCUT2D eigenvalue weighted by atomic mass is 9.95. The smallest absolute Gasteiger partial charge is 0.303 e. The summed E-state index contributed by atoms with van der Waals surface area (Å²) in [6.45, 7) is 12.1. The minimum atomic E-state index is -0.512. The molecule has 4 rings (SSSR count). The molecule has 1 aliphatic carbocycles. The molecule has 2 heterocycles. The Labute approximate surface area is 268 Å². The summed E-state index contributed by atoms with van der Waals surface area (Å²) in [6, 6.07) is 11.0. The molecule has 2 aromatic rings. The van der Waals surface area contributed by atoms with Crippen LogP contribution in [0.25, 0.3) is 0 Å². The number of piperazine rings is 1. The number of hydrogen-bond donors (Lipinski definition) is 4. The maximum absolute atomic E-state index is 12.4. The molecule has 2 aliphatic rings. The summed E-state index contributed by atoms with van der Waals surface area (Å²) in [5, 5.41) is 13.3. The molecule has 4 N–H and O–H groups in total. The Morgan fingerprint density at radius 1 is 0.956 bits per heavy atom. The van der Waals surface area contributed by atoms with Crippen molar-refractivity contribution in [2.75, 3.05) is 81.2 Å². The van der Waals surface area contributed by atoms with E-state index < -0.39 is 11.9 Å². The number of ether oxygens (including phenoxy) is 2. The molecule has 1 aromatic heterocycles. The summed E-state index contributed by atoms with van der Waals surface area (Å²) < 4.78 is 10.3. The SMILES string of the molecule is CCOCCN1CCN(c2cc(NC(=O)COC(C)=O)nc(NCc3ccc(CNCCCNC4CCCCC4)cc3)n2)CC1. The lowest BCUT2D eigenvalue weighted by molar-refractivity contribution is -0.144. The van der Waals surface area contributed by atoms with Gasteiger partial charge in [0, 0.05) is 71.5 Å². The van der Waals surface area contributed by atoms with Gasteiger partial charge in [-0.3, -0.25) is 14.5 Å². The maximum atomic E-state index is 12.4. The second-order valence-electron chi connectivity index (χ2n) is 11.8. The molecule has 0 atom stereocenters. The lowest BCUT2D eigenvalue weighted by Crippen LogP contribution is -2.47. The summed E-state index contributed by atoms with van der Waals surface area (Å²) in [5.74, 6) is 0.541. The van der Waals surface area contributed by atoms with Gasteiger partial charge in [-0.05, 0) is 50.4 Å². The van der Waals surface area contributed by atoms with Gasteiger partial charge in [0.1, 0.15) is 11.6 Å². The highest BCUT2D eigenvalue weighted by Gasteiger charge is 2.20. The topological polar surface area (TPSA) is 133 Å². The van der Waals surface area contributed by atoms with Crippen LogP contribution in [0.15, 0.2) is 30.3 Å². The molecule has 1 aliphatic heterocycles. The average molecular weight is 625 g/mol. The zero-order chi connectivity index (χ0) is 31.7. The van der Waals surface area contributed by atoms with Crippen molar-refractivity contribution >= 4 is 29.5 Å². The lowest BCUT2D eigenvalue weighted by Gasteiger charge is -2.35. The molecule has 248 valence electrons. The number of esters is 1. The molecule has 1 aromatic carbocycles. The van der Waals surface area contributed by atoms with Crippen LogP contribution in [0.4, 0.5) is 17.6 Å². The zero-order valence-electron chi connectivity index (χ0n) is 27.1. The number of carbonyl (C=O) groups excluding carboxylic acids is 2. The molecule has 0 unspecified atom stereocenters. The predicted octanol–water partition coefficient (Wildman–Crippen LogP) is 3.15. The van der Waals surface area contributed by atoms with Crippen LogP contribution in [0.2, 0.25) is 0 Å². The molecule has 0 spiro atoms. The maximum Gasteiger partial charge on any atom is 0.303 e. The van der Waals surface area contributed by atoms with E-state index in [0.717, 1.165) is 89.4 Å². The largest absolute Gasteiger partial charge is 0.456 e. The van der Waals surface area contributed by atoms with Crippen LogP contribution in [-0.2, 0) is 32.2 Å². The Morgan fingerprint density at radius 2 is 1.69 bits per heavy atom. The molecule has 0 bridgehead atoms. The highest BCUT2D eigenvalue weighted by molar-refractivity contribution is 5.92. The molecular formula is C33H52N8O4. The van der Waals surface area contributed by atoms with Crippen LogP contribution in [0, 0.1) is 0 Å². The Morgan fingerprint density at radius 3 is 2.40 bits per heavy atom. The fourth-order valence-electron chi connectivity index (χ4n) is 5.64. The molecule has 12 nitrogen and oxygen atoms in total. The van der Waals surface area contributed by atoms with Gasteiger partial charge in [0.05, 0.1) is 6.61 Å². The van der Waals surface area contributed by atoms with Crippen molar-refractivity contribution < 1.29 is 19.1 Å². The third-order valence-corrected chi connectivity index (χ3v) is 8.21. The molecule has 1 saturated heterocycles. The van der Waals surface area contributed by atoms with Crippen molar-refractivity contribution in [2.24, 2.45) is 0 Å². The highest BCUT2D eigenvalue weighted by Crippen LogP contribution is 2.21. The number of carbonyl (C=O) groups is 2. The average Bonchev–Trinajstić information content (AvgIpc) is 3.06. The summed E-state index contributed by atoms with van der Waals surface area (Å²) in [4.78, 5) is 37.4. The molecule has 12 heteroatoms. The van der Waals surface area contributed by atoms with Crippen LogP contribution < -0.4 is 26.2 Å². The molecule has 45 heavy (non-hydrogen) atoms. The molecular weight excluding hydrogens is 572 g/mol. The number of anilines is 3. The molecule has 1 amide bonds. The van der Waals surface area contributed by atoms with Crippen molar-refractivity contribution in [3.8, 4) is 0 Å². The fraction of sp³-hybridized carbons (Fsp3) is 0.636. The van der Waals surface area contributed by atoms with Gasteiger partial charge in [-0.15, -0.1) is 0 Å². The van der Waals surface area contributed by atoms with E-state index >= 15 is 0 Å². The number of rotatable bonds is 18. The first-order valence-electron chi connectivity index (χ1n) is 16.6. The van der Waals surface area contributed by atoms with Gasteiger partial charge in [-0.25, -0.2) is 0 Å². The number of hydrogen-bond acceptors (Lipinski definition) is 11. The first kappa shape index (κ1) is 34.6. The van der Waals surface area contributed by atoms with E-state index in [-0.39, 0.29) is 6.61 Å². The van der Waals surface area contributed by atoms with Crippen LogP contribution in [0.5, 0.6) is 0 Å². The van der Waals surface area contributed by atoms with Crippen LogP contribution in [-0.4, -0.2) is 98.4 Å². The van der Waals surface area contributed by atoms with Gasteiger partial charge in [-0.1, -0.05) is 43.5 Å². The summed E-state index contributed by atoms with van der Waals surface area (Å²) in [5.41, 5.74) is 2.35. The van der Waals surface area contributed by atoms with Gasteiger partial charge >= 0.3 is 5.97 Å². The number of nitrogens with one attached hydrogen (secondary N) is 4. The van der Waals surface area contributed by atoms with E-state index in [9.17, 15) is 9.59 Å². The van der Waals surface area contributed by atoms with Crippen LogP contribution in [0.3, 0.4) is 0 Å². The van der Waals surface area contributed by atoms with Gasteiger partial charge in [-0.2, -0.15) is 9.97 Å². The molecule has 0 radical (unpaired) electrons. The van der Waals surface area contributed by atoms with E-state index in [2.05, 4.69) is 60.3 Å². The summed E-state index contributed by atoms with van der Waals surface area (Å²) >= 11 is 0. The first-order valence-corrected chi connectivity index (χ1v) is 16.6. The highest BCUT2D eigenvalue weighted by atomic mass is 16.5. The van der Waals surface area contributed by atoms with Crippen molar-refractivity contribution in [1.82, 2.24) is 25.5 Å². The van der Waals surface area contributed by atoms with Crippen molar-refractivity contribution in [2.45, 2.75) is 71.5 Å². The van der Waals surface area contributed by atoms with Gasteiger partial charge in [0.25, 0.3) is 5.91 Å². The van der Waals surface area contributed by atoms with Crippen molar-refractivity contribution in [3.63, 3.8) is 0 Å². The first-order chi connectivity index (χ1) is 22.0. The quantitative estimate of drug-likeness (QED) is 0.144. The Balaban J connectivity index is 1.27. The van der Waals surface area contributed by atoms with Crippen LogP contribution in [0.1, 0.15) is 63.5 Å². The summed E-state index contributed by atoms with van der Waals surface area (Å²) in [6.07, 6.45) is 7.92. The van der Waals surface area contributed by atoms with E-state index in [1.54, 1.807) is 6.07 Å². The standard InChI is InChI=1S/C33H52N8O4/c1-3-44-21-20-40-16-18-41(19-17-40)31-22-30(37-32(43)25-45-26(2)42)38-33(39-31)36-24-28-12-10-27(11-13-28)23-34-14-7-15-35-29-8-5-4-6-9-29/h10-13,22,29,34-35H,3-9,14-21,23-25H2,1-2H3,(H2,36,37,38,39,43). The normalized spacial score (nSPS) is 16.0. The monoisotopic (exact) mass is 624 g/mol. The number of amides is 1. The van der Waals surface area contributed by atoms with E-state index in [1.165, 1.54) is 44.6 Å². The molecule has 1 saturated carbocycles.